The van der Waals surface area contributed by atoms with Gasteiger partial charge in [-0.3, -0.25) is 4.90 Å². The number of hydrogen-bond acceptors (Lipinski definition) is 3. The van der Waals surface area contributed by atoms with Crippen molar-refractivity contribution in [1.82, 2.24) is 9.80 Å². The highest BCUT2D eigenvalue weighted by Crippen LogP contribution is 2.18. The smallest absolute Gasteiger partial charge is 0.173 e. The normalized spacial score (nSPS) is 15.0. The van der Waals surface area contributed by atoms with Crippen LogP contribution in [0.5, 0.6) is 5.75 Å². The van der Waals surface area contributed by atoms with Crippen molar-refractivity contribution in [2.45, 2.75) is 13.5 Å². The van der Waals surface area contributed by atoms with E-state index < -0.39 is 0 Å². The molecule has 1 N–H and O–H groups in total. The fourth-order valence-corrected chi connectivity index (χ4v) is 3.34. The quantitative estimate of drug-likeness (QED) is 0.847. The van der Waals surface area contributed by atoms with Crippen LogP contribution in [0.15, 0.2) is 48.5 Å². The zero-order valence-electron chi connectivity index (χ0n) is 14.9. The van der Waals surface area contributed by atoms with Crippen molar-refractivity contribution < 1.29 is 4.74 Å². The Balaban J connectivity index is 1.51. The maximum atomic E-state index is 5.58. The van der Waals surface area contributed by atoms with Crippen LogP contribution < -0.4 is 10.1 Å². The van der Waals surface area contributed by atoms with Crippen molar-refractivity contribution >= 4 is 23.0 Å². The Morgan fingerprint density at radius 1 is 1.08 bits per heavy atom. The van der Waals surface area contributed by atoms with Crippen LogP contribution in [0.1, 0.15) is 11.1 Å². The van der Waals surface area contributed by atoms with Crippen molar-refractivity contribution in [2.24, 2.45) is 0 Å². The molecule has 1 aliphatic heterocycles. The second-order valence-electron chi connectivity index (χ2n) is 6.35. The van der Waals surface area contributed by atoms with Crippen LogP contribution in [0.4, 0.5) is 5.69 Å². The number of benzene rings is 2. The minimum atomic E-state index is 0.781. The molecule has 0 atom stereocenters. The van der Waals surface area contributed by atoms with Gasteiger partial charge >= 0.3 is 0 Å². The molecule has 4 nitrogen and oxygen atoms in total. The minimum Gasteiger partial charge on any atom is -0.497 e. The average Bonchev–Trinajstić information content (AvgIpc) is 2.64. The summed E-state index contributed by atoms with van der Waals surface area (Å²) >= 11 is 5.58. The monoisotopic (exact) mass is 355 g/mol. The third-order valence-corrected chi connectivity index (χ3v) is 5.00. The van der Waals surface area contributed by atoms with Gasteiger partial charge in [0.1, 0.15) is 5.75 Å². The molecule has 2 aromatic carbocycles. The largest absolute Gasteiger partial charge is 0.497 e. The van der Waals surface area contributed by atoms with E-state index in [0.29, 0.717) is 0 Å². The van der Waals surface area contributed by atoms with Gasteiger partial charge in [0, 0.05) is 44.5 Å². The molecule has 0 aromatic heterocycles. The molecule has 1 fully saturated rings. The van der Waals surface area contributed by atoms with Gasteiger partial charge in [-0.05, 0) is 42.4 Å². The van der Waals surface area contributed by atoms with E-state index in [9.17, 15) is 0 Å². The van der Waals surface area contributed by atoms with Gasteiger partial charge in [0.05, 0.1) is 7.11 Å². The molecule has 0 bridgehead atoms. The molecular weight excluding hydrogens is 330 g/mol. The standard InChI is InChI=1S/C20H25N3OS/c1-16-6-3-4-7-17(16)15-22-10-12-23(13-11-22)20(25)21-18-8-5-9-19(14-18)24-2/h3-9,14H,10-13,15H2,1-2H3,(H,21,25). The summed E-state index contributed by atoms with van der Waals surface area (Å²) in [6, 6.07) is 16.5. The lowest BCUT2D eigenvalue weighted by Gasteiger charge is -2.36. The number of nitrogens with zero attached hydrogens (tertiary/aromatic N) is 2. The van der Waals surface area contributed by atoms with Gasteiger partial charge in [0.15, 0.2) is 5.11 Å². The Kier molecular flexibility index (Phi) is 5.89. The Morgan fingerprint density at radius 2 is 1.84 bits per heavy atom. The van der Waals surface area contributed by atoms with Crippen molar-refractivity contribution in [1.29, 1.82) is 0 Å². The molecule has 25 heavy (non-hydrogen) atoms. The first kappa shape index (κ1) is 17.7. The zero-order valence-corrected chi connectivity index (χ0v) is 15.7. The highest BCUT2D eigenvalue weighted by atomic mass is 32.1. The predicted octanol–water partition coefficient (Wildman–Crippen LogP) is 3.52. The summed E-state index contributed by atoms with van der Waals surface area (Å²) in [6.07, 6.45) is 0. The third kappa shape index (κ3) is 4.71. The molecular formula is C20H25N3OS. The first-order chi connectivity index (χ1) is 12.2. The molecule has 5 heteroatoms. The summed E-state index contributed by atoms with van der Waals surface area (Å²) < 4.78 is 5.26. The zero-order chi connectivity index (χ0) is 17.6. The van der Waals surface area contributed by atoms with E-state index in [2.05, 4.69) is 46.3 Å². The molecule has 132 valence electrons. The van der Waals surface area contributed by atoms with Crippen LogP contribution >= 0.6 is 12.2 Å². The molecule has 1 heterocycles. The maximum Gasteiger partial charge on any atom is 0.173 e. The van der Waals surface area contributed by atoms with Gasteiger partial charge in [-0.1, -0.05) is 30.3 Å². The molecule has 0 unspecified atom stereocenters. The second-order valence-corrected chi connectivity index (χ2v) is 6.74. The molecule has 0 radical (unpaired) electrons. The lowest BCUT2D eigenvalue weighted by molar-refractivity contribution is 0.176. The summed E-state index contributed by atoms with van der Waals surface area (Å²) in [6.45, 7) is 7.13. The number of aryl methyl sites for hydroxylation is 1. The molecule has 3 rings (SSSR count). The van der Waals surface area contributed by atoms with Crippen molar-refractivity contribution in [3.8, 4) is 5.75 Å². The van der Waals surface area contributed by atoms with Gasteiger partial charge in [-0.25, -0.2) is 0 Å². The number of methoxy groups -OCH3 is 1. The van der Waals surface area contributed by atoms with Crippen LogP contribution in [0.3, 0.4) is 0 Å². The van der Waals surface area contributed by atoms with Gasteiger partial charge < -0.3 is 15.0 Å². The number of ether oxygens (including phenoxy) is 1. The first-order valence-corrected chi connectivity index (χ1v) is 9.03. The lowest BCUT2D eigenvalue weighted by Crippen LogP contribution is -2.49. The molecule has 0 saturated carbocycles. The average molecular weight is 356 g/mol. The van der Waals surface area contributed by atoms with Crippen molar-refractivity contribution in [3.63, 3.8) is 0 Å². The Morgan fingerprint density at radius 3 is 2.56 bits per heavy atom. The first-order valence-electron chi connectivity index (χ1n) is 8.62. The predicted molar refractivity (Wildman–Crippen MR) is 107 cm³/mol. The number of rotatable bonds is 4. The van der Waals surface area contributed by atoms with Gasteiger partial charge in [0.25, 0.3) is 0 Å². The summed E-state index contributed by atoms with van der Waals surface area (Å²) in [4.78, 5) is 4.73. The highest BCUT2D eigenvalue weighted by Gasteiger charge is 2.19. The molecule has 2 aromatic rings. The maximum absolute atomic E-state index is 5.58. The van der Waals surface area contributed by atoms with Gasteiger partial charge in [-0.15, -0.1) is 0 Å². The topological polar surface area (TPSA) is 27.7 Å². The van der Waals surface area contributed by atoms with Crippen LogP contribution in [0.25, 0.3) is 0 Å². The van der Waals surface area contributed by atoms with E-state index in [0.717, 1.165) is 49.3 Å². The summed E-state index contributed by atoms with van der Waals surface area (Å²) in [7, 11) is 1.67. The molecule has 1 saturated heterocycles. The fourth-order valence-electron chi connectivity index (χ4n) is 3.04. The lowest BCUT2D eigenvalue weighted by atomic mass is 10.1. The number of hydrogen-bond donors (Lipinski definition) is 1. The van der Waals surface area contributed by atoms with Crippen LogP contribution in [0, 0.1) is 6.92 Å². The van der Waals surface area contributed by atoms with Crippen LogP contribution in [-0.2, 0) is 6.54 Å². The van der Waals surface area contributed by atoms with E-state index in [1.807, 2.05) is 24.3 Å². The third-order valence-electron chi connectivity index (χ3n) is 4.64. The molecule has 0 spiro atoms. The highest BCUT2D eigenvalue weighted by molar-refractivity contribution is 7.80. The molecule has 0 aliphatic carbocycles. The van der Waals surface area contributed by atoms with E-state index in [1.54, 1.807) is 7.11 Å². The van der Waals surface area contributed by atoms with Crippen molar-refractivity contribution in [2.75, 3.05) is 38.6 Å². The summed E-state index contributed by atoms with van der Waals surface area (Å²) in [5, 5.41) is 4.10. The van der Waals surface area contributed by atoms with Crippen LogP contribution in [-0.4, -0.2) is 48.2 Å². The number of piperazine rings is 1. The second kappa shape index (κ2) is 8.32. The van der Waals surface area contributed by atoms with E-state index in [-0.39, 0.29) is 0 Å². The van der Waals surface area contributed by atoms with Gasteiger partial charge in [0.2, 0.25) is 0 Å². The Bertz CT molecular complexity index is 726. The van der Waals surface area contributed by atoms with Crippen LogP contribution in [0.2, 0.25) is 0 Å². The van der Waals surface area contributed by atoms with Gasteiger partial charge in [-0.2, -0.15) is 0 Å². The summed E-state index contributed by atoms with van der Waals surface area (Å²) in [5.74, 6) is 0.829. The van der Waals surface area contributed by atoms with Crippen molar-refractivity contribution in [3.05, 3.63) is 59.7 Å². The molecule has 0 amide bonds. The summed E-state index contributed by atoms with van der Waals surface area (Å²) in [5.41, 5.74) is 3.74. The minimum absolute atomic E-state index is 0.781. The number of anilines is 1. The fraction of sp³-hybridized carbons (Fsp3) is 0.350. The SMILES string of the molecule is COc1cccc(NC(=S)N2CCN(Cc3ccccc3C)CC2)c1. The van der Waals surface area contributed by atoms with E-state index >= 15 is 0 Å². The van der Waals surface area contributed by atoms with E-state index in [1.165, 1.54) is 11.1 Å². The van der Waals surface area contributed by atoms with E-state index in [4.69, 9.17) is 17.0 Å². The number of thiocarbonyl (C=S) groups is 1. The Labute approximate surface area is 155 Å². The number of nitrogens with one attached hydrogen (secondary N) is 1. The Hall–Kier alpha value is -2.11. The molecule has 1 aliphatic rings.